The van der Waals surface area contributed by atoms with Crippen LogP contribution >= 0.6 is 0 Å². The van der Waals surface area contributed by atoms with E-state index in [-0.39, 0.29) is 24.4 Å². The first-order chi connectivity index (χ1) is 8.88. The molecular weight excluding hydrogens is 252 g/mol. The van der Waals surface area contributed by atoms with Crippen LogP contribution < -0.4 is 0 Å². The Hall–Kier alpha value is -2.08. The first kappa shape index (κ1) is 15.0. The molecular formula is C13H16O6. The van der Waals surface area contributed by atoms with Crippen molar-refractivity contribution in [3.05, 3.63) is 35.8 Å². The van der Waals surface area contributed by atoms with Gasteiger partial charge in [0.15, 0.2) is 0 Å². The van der Waals surface area contributed by atoms with Gasteiger partial charge in [-0.15, -0.1) is 0 Å². The predicted molar refractivity (Wildman–Crippen MR) is 65.4 cm³/mol. The Bertz CT molecular complexity index is 446. The lowest BCUT2D eigenvalue weighted by atomic mass is 10.3. The van der Waals surface area contributed by atoms with Crippen molar-refractivity contribution in [3.8, 4) is 0 Å². The molecule has 0 aromatic rings. The van der Waals surface area contributed by atoms with Gasteiger partial charge in [0.05, 0.1) is 6.42 Å². The molecule has 19 heavy (non-hydrogen) atoms. The topological polar surface area (TPSA) is 82.1 Å². The van der Waals surface area contributed by atoms with Crippen LogP contribution in [0.4, 0.5) is 0 Å². The average molecular weight is 268 g/mol. The second-order valence-electron chi connectivity index (χ2n) is 3.97. The van der Waals surface area contributed by atoms with Crippen molar-refractivity contribution >= 4 is 11.9 Å². The molecule has 0 aliphatic carbocycles. The molecule has 0 saturated heterocycles. The van der Waals surface area contributed by atoms with Crippen molar-refractivity contribution in [1.29, 1.82) is 0 Å². The summed E-state index contributed by atoms with van der Waals surface area (Å²) in [5.41, 5.74) is 0.266. The lowest BCUT2D eigenvalue weighted by Gasteiger charge is -2.17. The zero-order chi connectivity index (χ0) is 14.4. The summed E-state index contributed by atoms with van der Waals surface area (Å²) < 4.78 is 14.6. The fourth-order valence-corrected chi connectivity index (χ4v) is 1.24. The molecule has 6 heteroatoms. The van der Waals surface area contributed by atoms with Crippen molar-refractivity contribution in [2.45, 2.75) is 26.6 Å². The number of hydrogen-bond acceptors (Lipinski definition) is 6. The number of hydrogen-bond donors (Lipinski definition) is 1. The lowest BCUT2D eigenvalue weighted by molar-refractivity contribution is -0.144. The first-order valence-electron chi connectivity index (χ1n) is 5.66. The standard InChI is InChI=1S/C13H16O6/c1-8(2)13(16)17-5-4-11(14)19-10-6-9(3)18-12(15)7-10/h6-7,12,15H,1,4-5H2,2-3H3. The SMILES string of the molecule is C=C(C)C(=O)OCCC(=O)OC1=CC(O)OC(C)=C1. The van der Waals surface area contributed by atoms with E-state index in [4.69, 9.17) is 14.2 Å². The minimum Gasteiger partial charge on any atom is -0.466 e. The monoisotopic (exact) mass is 268 g/mol. The molecule has 0 saturated carbocycles. The molecule has 0 aromatic heterocycles. The summed E-state index contributed by atoms with van der Waals surface area (Å²) in [7, 11) is 0. The van der Waals surface area contributed by atoms with Crippen molar-refractivity contribution in [2.75, 3.05) is 6.61 Å². The summed E-state index contributed by atoms with van der Waals surface area (Å²) in [5.74, 6) is -0.484. The maximum absolute atomic E-state index is 11.4. The number of allylic oxidation sites excluding steroid dienone is 2. The van der Waals surface area contributed by atoms with Crippen LogP contribution in [0.25, 0.3) is 0 Å². The van der Waals surface area contributed by atoms with Crippen LogP contribution in [0.1, 0.15) is 20.3 Å². The number of aliphatic hydroxyl groups is 1. The van der Waals surface area contributed by atoms with E-state index in [1.807, 2.05) is 0 Å². The van der Waals surface area contributed by atoms with Crippen molar-refractivity contribution < 1.29 is 28.9 Å². The summed E-state index contributed by atoms with van der Waals surface area (Å²) in [6, 6.07) is 0. The predicted octanol–water partition coefficient (Wildman–Crippen LogP) is 1.18. The van der Waals surface area contributed by atoms with Crippen molar-refractivity contribution in [3.63, 3.8) is 0 Å². The van der Waals surface area contributed by atoms with E-state index < -0.39 is 18.2 Å². The Morgan fingerprint density at radius 1 is 1.53 bits per heavy atom. The van der Waals surface area contributed by atoms with Gasteiger partial charge in [-0.2, -0.15) is 0 Å². The van der Waals surface area contributed by atoms with Crippen LogP contribution in [0.15, 0.2) is 35.8 Å². The van der Waals surface area contributed by atoms with Crippen LogP contribution in [-0.2, 0) is 23.8 Å². The molecule has 0 radical (unpaired) electrons. The summed E-state index contributed by atoms with van der Waals surface area (Å²) in [5, 5.41) is 9.26. The second-order valence-corrected chi connectivity index (χ2v) is 3.97. The molecule has 0 aromatic carbocycles. The molecule has 6 nitrogen and oxygen atoms in total. The molecule has 1 atom stereocenters. The molecule has 0 spiro atoms. The largest absolute Gasteiger partial charge is 0.466 e. The highest BCUT2D eigenvalue weighted by Crippen LogP contribution is 2.15. The van der Waals surface area contributed by atoms with E-state index in [0.717, 1.165) is 0 Å². The third-order valence-electron chi connectivity index (χ3n) is 2.08. The molecule has 0 amide bonds. The van der Waals surface area contributed by atoms with E-state index >= 15 is 0 Å². The normalized spacial score (nSPS) is 17.7. The summed E-state index contributed by atoms with van der Waals surface area (Å²) in [4.78, 5) is 22.5. The molecule has 1 N–H and O–H groups in total. The van der Waals surface area contributed by atoms with Crippen LogP contribution in [-0.4, -0.2) is 29.9 Å². The van der Waals surface area contributed by atoms with Gasteiger partial charge in [-0.1, -0.05) is 6.58 Å². The zero-order valence-corrected chi connectivity index (χ0v) is 10.8. The Morgan fingerprint density at radius 2 is 2.21 bits per heavy atom. The maximum atomic E-state index is 11.4. The molecule has 1 aliphatic rings. The van der Waals surface area contributed by atoms with E-state index in [2.05, 4.69) is 6.58 Å². The van der Waals surface area contributed by atoms with Gasteiger partial charge in [-0.25, -0.2) is 4.79 Å². The average Bonchev–Trinajstić information content (AvgIpc) is 2.26. The second kappa shape index (κ2) is 6.75. The van der Waals surface area contributed by atoms with Gasteiger partial charge in [-0.05, 0) is 13.8 Å². The number of ether oxygens (including phenoxy) is 3. The van der Waals surface area contributed by atoms with E-state index in [0.29, 0.717) is 5.76 Å². The number of esters is 2. The van der Waals surface area contributed by atoms with Crippen LogP contribution in [0.2, 0.25) is 0 Å². The van der Waals surface area contributed by atoms with Gasteiger partial charge >= 0.3 is 11.9 Å². The van der Waals surface area contributed by atoms with Gasteiger partial charge < -0.3 is 19.3 Å². The minimum atomic E-state index is -1.13. The van der Waals surface area contributed by atoms with E-state index in [1.54, 1.807) is 6.92 Å². The highest BCUT2D eigenvalue weighted by molar-refractivity contribution is 5.87. The molecule has 1 rings (SSSR count). The molecule has 104 valence electrons. The van der Waals surface area contributed by atoms with E-state index in [9.17, 15) is 14.7 Å². The smallest absolute Gasteiger partial charge is 0.333 e. The maximum Gasteiger partial charge on any atom is 0.333 e. The van der Waals surface area contributed by atoms with Crippen molar-refractivity contribution in [2.24, 2.45) is 0 Å². The number of carbonyl (C=O) groups is 2. The molecule has 0 bridgehead atoms. The fraction of sp³-hybridized carbons (Fsp3) is 0.385. The molecule has 1 heterocycles. The van der Waals surface area contributed by atoms with Crippen molar-refractivity contribution in [1.82, 2.24) is 0 Å². The minimum absolute atomic E-state index is 0.0831. The molecule has 1 unspecified atom stereocenters. The quantitative estimate of drug-likeness (QED) is 0.595. The van der Waals surface area contributed by atoms with Gasteiger partial charge in [0, 0.05) is 17.7 Å². The summed E-state index contributed by atoms with van der Waals surface area (Å²) >= 11 is 0. The Kier molecular flexibility index (Phi) is 5.32. The third kappa shape index (κ3) is 5.39. The fourth-order valence-electron chi connectivity index (χ4n) is 1.24. The highest BCUT2D eigenvalue weighted by atomic mass is 16.6. The van der Waals surface area contributed by atoms with Crippen LogP contribution in [0.5, 0.6) is 0 Å². The number of rotatable bonds is 5. The van der Waals surface area contributed by atoms with E-state index in [1.165, 1.54) is 19.1 Å². The molecule has 1 aliphatic heterocycles. The van der Waals surface area contributed by atoms with Gasteiger partial charge in [0.1, 0.15) is 18.1 Å². The summed E-state index contributed by atoms with van der Waals surface area (Å²) in [6.07, 6.45) is 1.52. The summed E-state index contributed by atoms with van der Waals surface area (Å²) in [6.45, 7) is 6.47. The number of aliphatic hydroxyl groups excluding tert-OH is 1. The van der Waals surface area contributed by atoms with Gasteiger partial charge in [-0.3, -0.25) is 4.79 Å². The number of carbonyl (C=O) groups excluding carboxylic acids is 2. The van der Waals surface area contributed by atoms with Crippen LogP contribution in [0, 0.1) is 0 Å². The Morgan fingerprint density at radius 3 is 2.79 bits per heavy atom. The highest BCUT2D eigenvalue weighted by Gasteiger charge is 2.15. The Balaban J connectivity index is 2.36. The van der Waals surface area contributed by atoms with Crippen LogP contribution in [0.3, 0.4) is 0 Å². The Labute approximate surface area is 111 Å². The van der Waals surface area contributed by atoms with Gasteiger partial charge in [0.25, 0.3) is 0 Å². The third-order valence-corrected chi connectivity index (χ3v) is 2.08. The zero-order valence-electron chi connectivity index (χ0n) is 10.8. The van der Waals surface area contributed by atoms with Gasteiger partial charge in [0.2, 0.25) is 6.29 Å². The lowest BCUT2D eigenvalue weighted by Crippen LogP contribution is -2.16. The first-order valence-corrected chi connectivity index (χ1v) is 5.66. The molecule has 0 fully saturated rings.